The van der Waals surface area contributed by atoms with Crippen LogP contribution in [0.15, 0.2) is 34.8 Å². The van der Waals surface area contributed by atoms with Crippen LogP contribution in [0.1, 0.15) is 17.3 Å². The highest BCUT2D eigenvalue weighted by atomic mass is 79.9. The molecule has 1 N–H and O–H groups in total. The molecule has 0 amide bonds. The van der Waals surface area contributed by atoms with Crippen LogP contribution in [0, 0.1) is 0 Å². The molecule has 0 fully saturated rings. The fourth-order valence-corrected chi connectivity index (χ4v) is 2.16. The first kappa shape index (κ1) is 11.9. The van der Waals surface area contributed by atoms with Gasteiger partial charge in [-0.15, -0.1) is 0 Å². The minimum absolute atomic E-state index is 0.0813. The number of hydrogen-bond donors (Lipinski definition) is 1. The van der Waals surface area contributed by atoms with Crippen LogP contribution in [0.5, 0.6) is 5.75 Å². The van der Waals surface area contributed by atoms with Crippen molar-refractivity contribution in [3.05, 3.63) is 40.4 Å². The van der Waals surface area contributed by atoms with Crippen LogP contribution in [0.2, 0.25) is 0 Å². The minimum Gasteiger partial charge on any atom is -0.506 e. The number of benzene rings is 2. The SMILES string of the molecule is CCOC(=O)c1c(O)c(Br)cc2ccccc12. The van der Waals surface area contributed by atoms with E-state index in [1.807, 2.05) is 18.2 Å². The third kappa shape index (κ3) is 2.13. The van der Waals surface area contributed by atoms with Crippen LogP contribution in [-0.4, -0.2) is 17.7 Å². The Morgan fingerprint density at radius 3 is 2.82 bits per heavy atom. The fraction of sp³-hybridized carbons (Fsp3) is 0.154. The molecular formula is C13H11BrO3. The molecule has 2 rings (SSSR count). The normalized spacial score (nSPS) is 10.5. The second-order valence-electron chi connectivity index (χ2n) is 3.52. The summed E-state index contributed by atoms with van der Waals surface area (Å²) in [7, 11) is 0. The van der Waals surface area contributed by atoms with Gasteiger partial charge in [0.05, 0.1) is 11.1 Å². The summed E-state index contributed by atoms with van der Waals surface area (Å²) in [6, 6.07) is 9.13. The van der Waals surface area contributed by atoms with E-state index in [0.29, 0.717) is 9.86 Å². The van der Waals surface area contributed by atoms with Gasteiger partial charge in [0, 0.05) is 5.39 Å². The molecule has 0 aromatic heterocycles. The largest absolute Gasteiger partial charge is 0.506 e. The molecule has 0 atom stereocenters. The lowest BCUT2D eigenvalue weighted by Crippen LogP contribution is -2.06. The van der Waals surface area contributed by atoms with Gasteiger partial charge in [0.1, 0.15) is 11.3 Å². The maximum absolute atomic E-state index is 11.8. The van der Waals surface area contributed by atoms with Crippen molar-refractivity contribution in [2.24, 2.45) is 0 Å². The molecule has 0 saturated heterocycles. The number of ether oxygens (including phenoxy) is 1. The molecule has 0 radical (unpaired) electrons. The number of carbonyl (C=O) groups is 1. The second-order valence-corrected chi connectivity index (χ2v) is 4.38. The van der Waals surface area contributed by atoms with Crippen molar-refractivity contribution in [2.75, 3.05) is 6.61 Å². The summed E-state index contributed by atoms with van der Waals surface area (Å²) in [5.41, 5.74) is 0.205. The van der Waals surface area contributed by atoms with Crippen molar-refractivity contribution >= 4 is 32.7 Å². The lowest BCUT2D eigenvalue weighted by molar-refractivity contribution is 0.0525. The smallest absolute Gasteiger partial charge is 0.342 e. The number of carbonyl (C=O) groups excluding carboxylic acids is 1. The summed E-state index contributed by atoms with van der Waals surface area (Å²) in [5, 5.41) is 11.5. The molecule has 0 unspecified atom stereocenters. The van der Waals surface area contributed by atoms with E-state index in [9.17, 15) is 9.90 Å². The number of hydrogen-bond acceptors (Lipinski definition) is 3. The first-order valence-corrected chi connectivity index (χ1v) is 6.01. The zero-order chi connectivity index (χ0) is 12.4. The summed E-state index contributed by atoms with van der Waals surface area (Å²) < 4.78 is 5.44. The quantitative estimate of drug-likeness (QED) is 0.863. The van der Waals surface area contributed by atoms with E-state index in [2.05, 4.69) is 15.9 Å². The Bertz CT molecular complexity index is 578. The van der Waals surface area contributed by atoms with Crippen LogP contribution in [0.25, 0.3) is 10.8 Å². The zero-order valence-electron chi connectivity index (χ0n) is 9.24. The number of esters is 1. The van der Waals surface area contributed by atoms with E-state index in [-0.39, 0.29) is 17.9 Å². The van der Waals surface area contributed by atoms with E-state index in [1.165, 1.54) is 0 Å². The first-order valence-electron chi connectivity index (χ1n) is 5.22. The highest BCUT2D eigenvalue weighted by Crippen LogP contribution is 2.35. The molecule has 0 bridgehead atoms. The lowest BCUT2D eigenvalue weighted by atomic mass is 10.0. The number of rotatable bonds is 2. The molecule has 3 nitrogen and oxygen atoms in total. The van der Waals surface area contributed by atoms with E-state index < -0.39 is 5.97 Å². The van der Waals surface area contributed by atoms with Crippen LogP contribution in [-0.2, 0) is 4.74 Å². The molecule has 2 aromatic carbocycles. The highest BCUT2D eigenvalue weighted by molar-refractivity contribution is 9.10. The maximum atomic E-state index is 11.8. The number of phenolic OH excluding ortho intramolecular Hbond substituents is 1. The van der Waals surface area contributed by atoms with E-state index in [4.69, 9.17) is 4.74 Å². The summed E-state index contributed by atoms with van der Waals surface area (Å²) in [6.45, 7) is 2.01. The summed E-state index contributed by atoms with van der Waals surface area (Å²) in [6.07, 6.45) is 0. The van der Waals surface area contributed by atoms with Gasteiger partial charge in [0.2, 0.25) is 0 Å². The Labute approximate surface area is 107 Å². The van der Waals surface area contributed by atoms with Gasteiger partial charge in [-0.2, -0.15) is 0 Å². The molecule has 0 aliphatic carbocycles. The Morgan fingerprint density at radius 2 is 2.12 bits per heavy atom. The van der Waals surface area contributed by atoms with Crippen molar-refractivity contribution in [1.82, 2.24) is 0 Å². The van der Waals surface area contributed by atoms with Crippen LogP contribution in [0.4, 0.5) is 0 Å². The van der Waals surface area contributed by atoms with Crippen molar-refractivity contribution in [3.8, 4) is 5.75 Å². The number of fused-ring (bicyclic) bond motifs is 1. The predicted octanol–water partition coefficient (Wildman–Crippen LogP) is 3.48. The molecule has 0 aliphatic rings. The average Bonchev–Trinajstić information content (AvgIpc) is 2.31. The molecule has 2 aromatic rings. The van der Waals surface area contributed by atoms with Crippen LogP contribution in [0.3, 0.4) is 0 Å². The Hall–Kier alpha value is -1.55. The monoisotopic (exact) mass is 294 g/mol. The van der Waals surface area contributed by atoms with Gasteiger partial charge in [-0.05, 0) is 34.3 Å². The summed E-state index contributed by atoms with van der Waals surface area (Å²) >= 11 is 3.23. The van der Waals surface area contributed by atoms with Gasteiger partial charge in [-0.1, -0.05) is 24.3 Å². The molecule has 0 spiro atoms. The van der Waals surface area contributed by atoms with Gasteiger partial charge >= 0.3 is 5.97 Å². The van der Waals surface area contributed by atoms with Gasteiger partial charge < -0.3 is 9.84 Å². The van der Waals surface area contributed by atoms with Crippen molar-refractivity contribution in [2.45, 2.75) is 6.92 Å². The molecule has 0 heterocycles. The summed E-state index contributed by atoms with van der Waals surface area (Å²) in [5.74, 6) is -0.593. The number of phenols is 1. The maximum Gasteiger partial charge on any atom is 0.342 e. The van der Waals surface area contributed by atoms with Crippen LogP contribution < -0.4 is 0 Å². The van der Waals surface area contributed by atoms with E-state index >= 15 is 0 Å². The first-order chi connectivity index (χ1) is 8.15. The van der Waals surface area contributed by atoms with E-state index in [1.54, 1.807) is 19.1 Å². The third-order valence-corrected chi connectivity index (χ3v) is 3.06. The van der Waals surface area contributed by atoms with Crippen molar-refractivity contribution < 1.29 is 14.6 Å². The van der Waals surface area contributed by atoms with Gasteiger partial charge in [0.25, 0.3) is 0 Å². The summed E-state index contributed by atoms with van der Waals surface area (Å²) in [4.78, 5) is 11.8. The lowest BCUT2D eigenvalue weighted by Gasteiger charge is -2.09. The Balaban J connectivity index is 2.74. The number of aromatic hydroxyl groups is 1. The van der Waals surface area contributed by atoms with Gasteiger partial charge in [-0.25, -0.2) is 4.79 Å². The van der Waals surface area contributed by atoms with Crippen molar-refractivity contribution in [1.29, 1.82) is 0 Å². The van der Waals surface area contributed by atoms with E-state index in [0.717, 1.165) is 5.39 Å². The predicted molar refractivity (Wildman–Crippen MR) is 69.3 cm³/mol. The molecule has 4 heteroatoms. The van der Waals surface area contributed by atoms with Crippen molar-refractivity contribution in [3.63, 3.8) is 0 Å². The molecule has 17 heavy (non-hydrogen) atoms. The standard InChI is InChI=1S/C13H11BrO3/c1-2-17-13(16)11-9-6-4-3-5-8(9)7-10(14)12(11)15/h3-7,15H,2H2,1H3. The molecule has 0 aliphatic heterocycles. The molecule has 0 saturated carbocycles. The second kappa shape index (κ2) is 4.75. The fourth-order valence-electron chi connectivity index (χ4n) is 1.71. The van der Waals surface area contributed by atoms with Gasteiger partial charge in [0.15, 0.2) is 0 Å². The topological polar surface area (TPSA) is 46.5 Å². The Morgan fingerprint density at radius 1 is 1.41 bits per heavy atom. The minimum atomic E-state index is -0.512. The van der Waals surface area contributed by atoms with Crippen LogP contribution >= 0.6 is 15.9 Å². The molecule has 88 valence electrons. The zero-order valence-corrected chi connectivity index (χ0v) is 10.8. The molecular weight excluding hydrogens is 284 g/mol. The third-order valence-electron chi connectivity index (χ3n) is 2.45. The average molecular weight is 295 g/mol. The number of halogens is 1. The Kier molecular flexibility index (Phi) is 3.33. The highest BCUT2D eigenvalue weighted by Gasteiger charge is 2.18. The van der Waals surface area contributed by atoms with Gasteiger partial charge in [-0.3, -0.25) is 0 Å².